The van der Waals surface area contributed by atoms with Crippen LogP contribution in [-0.2, 0) is 10.0 Å². The van der Waals surface area contributed by atoms with Crippen LogP contribution in [0, 0.1) is 0 Å². The molecule has 1 aliphatic rings. The Bertz CT molecular complexity index is 483. The minimum Gasteiger partial charge on any atom is -0.313 e. The summed E-state index contributed by atoms with van der Waals surface area (Å²) in [4.78, 5) is 0.302. The SMILES string of the molecule is CCN(C1CNC1)S(=O)(=O)c1ccc(Cl)cc1. The molecule has 0 aromatic heterocycles. The maximum absolute atomic E-state index is 12.4. The Hall–Kier alpha value is -0.620. The van der Waals surface area contributed by atoms with Crippen LogP contribution < -0.4 is 5.32 Å². The van der Waals surface area contributed by atoms with Gasteiger partial charge in [0.25, 0.3) is 0 Å². The highest BCUT2D eigenvalue weighted by molar-refractivity contribution is 7.89. The van der Waals surface area contributed by atoms with E-state index in [0.29, 0.717) is 16.5 Å². The standard InChI is InChI=1S/C11H15ClN2O2S/c1-2-14(10-7-13-8-10)17(15,16)11-5-3-9(12)4-6-11/h3-6,10,13H,2,7-8H2,1H3. The van der Waals surface area contributed by atoms with Crippen LogP contribution in [0.25, 0.3) is 0 Å². The van der Waals surface area contributed by atoms with Crippen molar-refractivity contribution < 1.29 is 8.42 Å². The summed E-state index contributed by atoms with van der Waals surface area (Å²) >= 11 is 5.76. The fourth-order valence-electron chi connectivity index (χ4n) is 1.84. The topological polar surface area (TPSA) is 49.4 Å². The molecular weight excluding hydrogens is 260 g/mol. The third kappa shape index (κ3) is 2.47. The number of sulfonamides is 1. The zero-order valence-corrected chi connectivity index (χ0v) is 11.1. The summed E-state index contributed by atoms with van der Waals surface area (Å²) in [6.07, 6.45) is 0. The number of hydrogen-bond acceptors (Lipinski definition) is 3. The van der Waals surface area contributed by atoms with Crippen molar-refractivity contribution >= 4 is 21.6 Å². The molecule has 0 saturated carbocycles. The van der Waals surface area contributed by atoms with Gasteiger partial charge in [-0.05, 0) is 24.3 Å². The molecule has 4 nitrogen and oxygen atoms in total. The zero-order chi connectivity index (χ0) is 12.5. The summed E-state index contributed by atoms with van der Waals surface area (Å²) < 4.78 is 26.3. The van der Waals surface area contributed by atoms with Gasteiger partial charge in [0.05, 0.1) is 4.90 Å². The van der Waals surface area contributed by atoms with Crippen LogP contribution in [0.2, 0.25) is 5.02 Å². The first-order chi connectivity index (χ1) is 8.05. The summed E-state index contributed by atoms with van der Waals surface area (Å²) in [6.45, 7) is 3.78. The third-order valence-corrected chi connectivity index (χ3v) is 5.19. The number of benzene rings is 1. The summed E-state index contributed by atoms with van der Waals surface area (Å²) in [5, 5.41) is 3.62. The van der Waals surface area contributed by atoms with Gasteiger partial charge in [0.15, 0.2) is 0 Å². The van der Waals surface area contributed by atoms with E-state index in [1.54, 1.807) is 24.3 Å². The Kier molecular flexibility index (Phi) is 3.73. The van der Waals surface area contributed by atoms with Crippen molar-refractivity contribution in [3.63, 3.8) is 0 Å². The molecule has 1 aromatic carbocycles. The van der Waals surface area contributed by atoms with Crippen molar-refractivity contribution in [2.45, 2.75) is 17.9 Å². The molecule has 6 heteroatoms. The molecule has 2 rings (SSSR count). The van der Waals surface area contributed by atoms with Gasteiger partial charge in [-0.3, -0.25) is 0 Å². The maximum Gasteiger partial charge on any atom is 0.243 e. The molecule has 17 heavy (non-hydrogen) atoms. The number of rotatable bonds is 4. The van der Waals surface area contributed by atoms with Crippen LogP contribution >= 0.6 is 11.6 Å². The van der Waals surface area contributed by atoms with E-state index in [1.165, 1.54) is 4.31 Å². The van der Waals surface area contributed by atoms with Crippen molar-refractivity contribution in [3.05, 3.63) is 29.3 Å². The first-order valence-corrected chi connectivity index (χ1v) is 7.35. The molecule has 0 unspecified atom stereocenters. The van der Waals surface area contributed by atoms with Gasteiger partial charge in [-0.2, -0.15) is 4.31 Å². The maximum atomic E-state index is 12.4. The number of halogens is 1. The van der Waals surface area contributed by atoms with Crippen molar-refractivity contribution in [1.82, 2.24) is 9.62 Å². The summed E-state index contributed by atoms with van der Waals surface area (Å²) in [5.41, 5.74) is 0. The van der Waals surface area contributed by atoms with Gasteiger partial charge < -0.3 is 5.32 Å². The van der Waals surface area contributed by atoms with Gasteiger partial charge in [0.1, 0.15) is 0 Å². The van der Waals surface area contributed by atoms with Gasteiger partial charge in [-0.1, -0.05) is 18.5 Å². The molecule has 1 aliphatic heterocycles. The Morgan fingerprint density at radius 3 is 2.35 bits per heavy atom. The lowest BCUT2D eigenvalue weighted by atomic mass is 10.2. The van der Waals surface area contributed by atoms with E-state index < -0.39 is 10.0 Å². The van der Waals surface area contributed by atoms with Crippen LogP contribution in [0.15, 0.2) is 29.2 Å². The number of hydrogen-bond donors (Lipinski definition) is 1. The monoisotopic (exact) mass is 274 g/mol. The molecule has 0 bridgehead atoms. The van der Waals surface area contributed by atoms with Gasteiger partial charge in [0, 0.05) is 30.7 Å². The van der Waals surface area contributed by atoms with Crippen LogP contribution in [0.4, 0.5) is 0 Å². The molecule has 0 spiro atoms. The van der Waals surface area contributed by atoms with Gasteiger partial charge in [-0.25, -0.2) is 8.42 Å². The molecule has 1 heterocycles. The second kappa shape index (κ2) is 4.94. The number of likely N-dealkylation sites (N-methyl/N-ethyl adjacent to an activating group) is 1. The van der Waals surface area contributed by atoms with E-state index in [1.807, 2.05) is 6.92 Å². The Morgan fingerprint density at radius 1 is 1.35 bits per heavy atom. The van der Waals surface area contributed by atoms with Gasteiger partial charge in [-0.15, -0.1) is 0 Å². The van der Waals surface area contributed by atoms with Crippen LogP contribution in [0.5, 0.6) is 0 Å². The lowest BCUT2D eigenvalue weighted by Gasteiger charge is -2.36. The molecule has 1 N–H and O–H groups in total. The minimum atomic E-state index is -3.39. The lowest BCUT2D eigenvalue weighted by molar-refractivity contribution is 0.249. The van der Waals surface area contributed by atoms with Crippen LogP contribution in [-0.4, -0.2) is 38.4 Å². The predicted octanol–water partition coefficient (Wildman–Crippen LogP) is 1.32. The third-order valence-electron chi connectivity index (χ3n) is 2.90. The highest BCUT2D eigenvalue weighted by Crippen LogP contribution is 2.21. The predicted molar refractivity (Wildman–Crippen MR) is 67.7 cm³/mol. The summed E-state index contributed by atoms with van der Waals surface area (Å²) in [7, 11) is -3.39. The van der Waals surface area contributed by atoms with Crippen LogP contribution in [0.1, 0.15) is 6.92 Å². The normalized spacial score (nSPS) is 17.1. The van der Waals surface area contributed by atoms with Crippen molar-refractivity contribution in [2.24, 2.45) is 0 Å². The van der Waals surface area contributed by atoms with Crippen molar-refractivity contribution in [2.75, 3.05) is 19.6 Å². The molecule has 0 atom stereocenters. The highest BCUT2D eigenvalue weighted by atomic mass is 35.5. The molecule has 0 radical (unpaired) electrons. The second-order valence-corrected chi connectivity index (χ2v) is 6.30. The molecule has 94 valence electrons. The summed E-state index contributed by atoms with van der Waals surface area (Å²) in [6, 6.07) is 6.36. The minimum absolute atomic E-state index is 0.0701. The highest BCUT2D eigenvalue weighted by Gasteiger charge is 2.33. The van der Waals surface area contributed by atoms with E-state index in [0.717, 1.165) is 13.1 Å². The van der Waals surface area contributed by atoms with E-state index >= 15 is 0 Å². The fourth-order valence-corrected chi connectivity index (χ4v) is 3.60. The Morgan fingerprint density at radius 2 is 1.94 bits per heavy atom. The van der Waals surface area contributed by atoms with E-state index in [9.17, 15) is 8.42 Å². The molecule has 0 amide bonds. The average molecular weight is 275 g/mol. The van der Waals surface area contributed by atoms with Crippen molar-refractivity contribution in [3.8, 4) is 0 Å². The summed E-state index contributed by atoms with van der Waals surface area (Å²) in [5.74, 6) is 0. The molecule has 1 aromatic rings. The molecule has 1 fully saturated rings. The van der Waals surface area contributed by atoms with Gasteiger partial charge >= 0.3 is 0 Å². The van der Waals surface area contributed by atoms with E-state index in [-0.39, 0.29) is 6.04 Å². The fraction of sp³-hybridized carbons (Fsp3) is 0.455. The molecular formula is C11H15ClN2O2S. The number of nitrogens with zero attached hydrogens (tertiary/aromatic N) is 1. The second-order valence-electron chi connectivity index (χ2n) is 3.97. The van der Waals surface area contributed by atoms with E-state index in [2.05, 4.69) is 5.32 Å². The zero-order valence-electron chi connectivity index (χ0n) is 9.56. The Balaban J connectivity index is 2.30. The smallest absolute Gasteiger partial charge is 0.243 e. The van der Waals surface area contributed by atoms with E-state index in [4.69, 9.17) is 11.6 Å². The molecule has 1 saturated heterocycles. The molecule has 0 aliphatic carbocycles. The van der Waals surface area contributed by atoms with Crippen molar-refractivity contribution in [1.29, 1.82) is 0 Å². The van der Waals surface area contributed by atoms with Gasteiger partial charge in [0.2, 0.25) is 10.0 Å². The first-order valence-electron chi connectivity index (χ1n) is 5.54. The average Bonchev–Trinajstić information content (AvgIpc) is 2.23. The Labute approximate surface area is 107 Å². The van der Waals surface area contributed by atoms with Crippen LogP contribution in [0.3, 0.4) is 0 Å². The lowest BCUT2D eigenvalue weighted by Crippen LogP contribution is -2.58. The largest absolute Gasteiger partial charge is 0.313 e. The number of nitrogens with one attached hydrogen (secondary N) is 1. The quantitative estimate of drug-likeness (QED) is 0.901. The first kappa shape index (κ1) is 12.8.